The van der Waals surface area contributed by atoms with Crippen LogP contribution in [0.25, 0.3) is 32.3 Å². The summed E-state index contributed by atoms with van der Waals surface area (Å²) in [6, 6.07) is 32.8. The van der Waals surface area contributed by atoms with Gasteiger partial charge in [0.25, 0.3) is 0 Å². The van der Waals surface area contributed by atoms with Crippen molar-refractivity contribution < 1.29 is 9.78 Å². The summed E-state index contributed by atoms with van der Waals surface area (Å²) in [5.41, 5.74) is 0. The minimum Gasteiger partial charge on any atom is -0.290 e. The highest BCUT2D eigenvalue weighted by Crippen LogP contribution is 2.30. The predicted octanol–water partition coefficient (Wildman–Crippen LogP) is 6.52. The van der Waals surface area contributed by atoms with E-state index in [-0.39, 0.29) is 0 Å². The van der Waals surface area contributed by atoms with Crippen molar-refractivity contribution in [2.45, 2.75) is 0 Å². The molecule has 0 aliphatic rings. The van der Waals surface area contributed by atoms with Crippen molar-refractivity contribution in [3.63, 3.8) is 0 Å². The molecule has 0 atom stereocenters. The molecular formula is C24H16O2. The van der Waals surface area contributed by atoms with Gasteiger partial charge in [0, 0.05) is 5.39 Å². The second-order valence-electron chi connectivity index (χ2n) is 6.35. The molecule has 5 aromatic carbocycles. The van der Waals surface area contributed by atoms with E-state index in [0.717, 1.165) is 16.2 Å². The van der Waals surface area contributed by atoms with Crippen LogP contribution in [0.2, 0.25) is 0 Å². The van der Waals surface area contributed by atoms with Crippen LogP contribution in [0.5, 0.6) is 11.5 Å². The van der Waals surface area contributed by atoms with E-state index in [1.165, 1.54) is 16.2 Å². The van der Waals surface area contributed by atoms with Crippen molar-refractivity contribution in [1.82, 2.24) is 0 Å². The Kier molecular flexibility index (Phi) is 3.46. The Morgan fingerprint density at radius 1 is 0.423 bits per heavy atom. The predicted molar refractivity (Wildman–Crippen MR) is 107 cm³/mol. The van der Waals surface area contributed by atoms with Crippen LogP contribution in [-0.2, 0) is 0 Å². The number of benzene rings is 5. The van der Waals surface area contributed by atoms with Gasteiger partial charge in [0.15, 0.2) is 11.5 Å². The zero-order valence-corrected chi connectivity index (χ0v) is 14.1. The Hall–Kier alpha value is -3.52. The maximum atomic E-state index is 5.70. The van der Waals surface area contributed by atoms with Gasteiger partial charge < -0.3 is 0 Å². The van der Waals surface area contributed by atoms with E-state index in [2.05, 4.69) is 48.5 Å². The van der Waals surface area contributed by atoms with Crippen LogP contribution in [0, 0.1) is 0 Å². The Bertz CT molecular complexity index is 1240. The van der Waals surface area contributed by atoms with Crippen molar-refractivity contribution in [3.8, 4) is 11.5 Å². The zero-order chi connectivity index (χ0) is 17.3. The summed E-state index contributed by atoms with van der Waals surface area (Å²) in [5, 5.41) is 6.86. The first-order valence-electron chi connectivity index (χ1n) is 8.62. The molecule has 2 heteroatoms. The van der Waals surface area contributed by atoms with Crippen molar-refractivity contribution in [3.05, 3.63) is 97.1 Å². The molecule has 0 aliphatic carbocycles. The molecule has 2 nitrogen and oxygen atoms in total. The largest absolute Gasteiger partial charge is 0.290 e. The SMILES string of the molecule is c1ccc2cc(OOc3cccc4cc5ccccc5cc34)ccc2c1. The Balaban J connectivity index is 1.51. The molecule has 0 bridgehead atoms. The minimum absolute atomic E-state index is 0.682. The fourth-order valence-electron chi connectivity index (χ4n) is 3.32. The maximum Gasteiger partial charge on any atom is 0.186 e. The van der Waals surface area contributed by atoms with Crippen molar-refractivity contribution in [2.24, 2.45) is 0 Å². The Labute approximate surface area is 151 Å². The van der Waals surface area contributed by atoms with E-state index >= 15 is 0 Å². The molecule has 0 unspecified atom stereocenters. The van der Waals surface area contributed by atoms with E-state index in [1.807, 2.05) is 48.5 Å². The van der Waals surface area contributed by atoms with E-state index in [4.69, 9.17) is 9.78 Å². The highest BCUT2D eigenvalue weighted by atomic mass is 17.2. The molecule has 124 valence electrons. The molecule has 0 aliphatic heterocycles. The fraction of sp³-hybridized carbons (Fsp3) is 0. The molecule has 26 heavy (non-hydrogen) atoms. The molecule has 5 rings (SSSR count). The molecule has 5 aromatic rings. The smallest absolute Gasteiger partial charge is 0.186 e. The summed E-state index contributed by atoms with van der Waals surface area (Å²) < 4.78 is 0. The third kappa shape index (κ3) is 2.62. The number of hydrogen-bond donors (Lipinski definition) is 0. The molecule has 0 amide bonds. The summed E-state index contributed by atoms with van der Waals surface area (Å²) >= 11 is 0. The van der Waals surface area contributed by atoms with Crippen LogP contribution in [0.15, 0.2) is 97.1 Å². The van der Waals surface area contributed by atoms with Crippen LogP contribution in [0.4, 0.5) is 0 Å². The zero-order valence-electron chi connectivity index (χ0n) is 14.1. The van der Waals surface area contributed by atoms with Gasteiger partial charge in [-0.05, 0) is 57.3 Å². The molecule has 0 heterocycles. The van der Waals surface area contributed by atoms with Crippen LogP contribution in [0.1, 0.15) is 0 Å². The van der Waals surface area contributed by atoms with Crippen LogP contribution in [-0.4, -0.2) is 0 Å². The molecule has 0 saturated heterocycles. The number of hydrogen-bond acceptors (Lipinski definition) is 2. The monoisotopic (exact) mass is 336 g/mol. The maximum absolute atomic E-state index is 5.70. The third-order valence-corrected chi connectivity index (χ3v) is 4.66. The lowest BCUT2D eigenvalue weighted by atomic mass is 10.0. The van der Waals surface area contributed by atoms with E-state index in [1.54, 1.807) is 0 Å². The van der Waals surface area contributed by atoms with Gasteiger partial charge >= 0.3 is 0 Å². The molecule has 0 radical (unpaired) electrons. The first-order chi connectivity index (χ1) is 12.9. The van der Waals surface area contributed by atoms with Crippen molar-refractivity contribution in [1.29, 1.82) is 0 Å². The van der Waals surface area contributed by atoms with Gasteiger partial charge in [-0.2, -0.15) is 0 Å². The summed E-state index contributed by atoms with van der Waals surface area (Å²) in [6.07, 6.45) is 0. The number of fused-ring (bicyclic) bond motifs is 3. The normalized spacial score (nSPS) is 11.1. The highest BCUT2D eigenvalue weighted by Gasteiger charge is 2.06. The average molecular weight is 336 g/mol. The quantitative estimate of drug-likeness (QED) is 0.212. The molecule has 0 fully saturated rings. The molecule has 0 saturated carbocycles. The van der Waals surface area contributed by atoms with Gasteiger partial charge in [0.05, 0.1) is 0 Å². The Morgan fingerprint density at radius 2 is 1.08 bits per heavy atom. The second-order valence-corrected chi connectivity index (χ2v) is 6.35. The standard InChI is InChI=1S/C24H16O2/c1-2-8-19-15-22(13-12-17(19)6-1)25-26-24-11-5-10-21-14-18-7-3-4-9-20(18)16-23(21)24/h1-16H. The second kappa shape index (κ2) is 6.08. The fourth-order valence-corrected chi connectivity index (χ4v) is 3.32. The van der Waals surface area contributed by atoms with Gasteiger partial charge in [0.1, 0.15) is 0 Å². The van der Waals surface area contributed by atoms with Gasteiger partial charge in [-0.25, -0.2) is 0 Å². The van der Waals surface area contributed by atoms with Gasteiger partial charge in [-0.1, -0.05) is 66.7 Å². The van der Waals surface area contributed by atoms with Gasteiger partial charge in [-0.3, -0.25) is 9.78 Å². The average Bonchev–Trinajstić information content (AvgIpc) is 2.70. The van der Waals surface area contributed by atoms with Crippen molar-refractivity contribution in [2.75, 3.05) is 0 Å². The molecular weight excluding hydrogens is 320 g/mol. The Morgan fingerprint density at radius 3 is 1.88 bits per heavy atom. The lowest BCUT2D eigenvalue weighted by Crippen LogP contribution is -2.00. The van der Waals surface area contributed by atoms with Gasteiger partial charge in [-0.15, -0.1) is 0 Å². The van der Waals surface area contributed by atoms with Crippen LogP contribution >= 0.6 is 0 Å². The van der Waals surface area contributed by atoms with E-state index in [9.17, 15) is 0 Å². The van der Waals surface area contributed by atoms with Gasteiger partial charge in [0.2, 0.25) is 0 Å². The molecule has 0 spiro atoms. The number of rotatable bonds is 3. The van der Waals surface area contributed by atoms with E-state index < -0.39 is 0 Å². The summed E-state index contributed by atoms with van der Waals surface area (Å²) in [7, 11) is 0. The van der Waals surface area contributed by atoms with Crippen LogP contribution < -0.4 is 9.78 Å². The first-order valence-corrected chi connectivity index (χ1v) is 8.62. The molecule has 0 aromatic heterocycles. The lowest BCUT2D eigenvalue weighted by molar-refractivity contribution is -0.0982. The highest BCUT2D eigenvalue weighted by molar-refractivity contribution is 6.00. The van der Waals surface area contributed by atoms with Crippen molar-refractivity contribution >= 4 is 32.3 Å². The topological polar surface area (TPSA) is 18.5 Å². The lowest BCUT2D eigenvalue weighted by Gasteiger charge is -2.10. The minimum atomic E-state index is 0.682. The third-order valence-electron chi connectivity index (χ3n) is 4.66. The van der Waals surface area contributed by atoms with E-state index in [0.29, 0.717) is 11.5 Å². The molecule has 0 N–H and O–H groups in total. The summed E-state index contributed by atoms with van der Waals surface area (Å²) in [4.78, 5) is 11.3. The van der Waals surface area contributed by atoms with Crippen LogP contribution in [0.3, 0.4) is 0 Å². The first kappa shape index (κ1) is 14.8. The summed E-state index contributed by atoms with van der Waals surface area (Å²) in [5.74, 6) is 1.39. The summed E-state index contributed by atoms with van der Waals surface area (Å²) in [6.45, 7) is 0.